The number of hydrogen-bond acceptors (Lipinski definition) is 2. The van der Waals surface area contributed by atoms with E-state index in [0.29, 0.717) is 10.9 Å². The molecule has 1 aromatic heterocycles. The van der Waals surface area contributed by atoms with E-state index in [-0.39, 0.29) is 0 Å². The Labute approximate surface area is 95.0 Å². The molecule has 0 saturated heterocycles. The first-order chi connectivity index (χ1) is 6.68. The van der Waals surface area contributed by atoms with Crippen molar-refractivity contribution in [2.45, 2.75) is 6.92 Å². The predicted octanol–water partition coefficient (Wildman–Crippen LogP) is 4.07. The van der Waals surface area contributed by atoms with Crippen molar-refractivity contribution in [2.75, 3.05) is 0 Å². The molecule has 2 aromatic rings. The van der Waals surface area contributed by atoms with Crippen LogP contribution in [-0.2, 0) is 0 Å². The number of aryl methyl sites for hydroxylation is 1. The standard InChI is InChI=1S/C10H7BrClNO/c1-6-5-13-10(14-6)9-7(11)3-2-4-8(9)12/h2-5H,1H3. The summed E-state index contributed by atoms with van der Waals surface area (Å²) < 4.78 is 6.29. The lowest BCUT2D eigenvalue weighted by atomic mass is 10.2. The zero-order valence-electron chi connectivity index (χ0n) is 7.42. The molecule has 0 amide bonds. The highest BCUT2D eigenvalue weighted by Gasteiger charge is 2.12. The van der Waals surface area contributed by atoms with Gasteiger partial charge in [0.25, 0.3) is 0 Å². The fraction of sp³-hybridized carbons (Fsp3) is 0.100. The van der Waals surface area contributed by atoms with E-state index in [4.69, 9.17) is 16.0 Å². The average Bonchev–Trinajstić information content (AvgIpc) is 2.51. The third-order valence-corrected chi connectivity index (χ3v) is 2.77. The Balaban J connectivity index is 2.61. The molecular formula is C10H7BrClNO. The van der Waals surface area contributed by atoms with Crippen molar-refractivity contribution in [1.82, 2.24) is 4.98 Å². The monoisotopic (exact) mass is 271 g/mol. The number of benzene rings is 1. The van der Waals surface area contributed by atoms with Gasteiger partial charge in [0.05, 0.1) is 16.8 Å². The Morgan fingerprint density at radius 2 is 2.21 bits per heavy atom. The molecule has 0 bridgehead atoms. The van der Waals surface area contributed by atoms with Gasteiger partial charge in [-0.1, -0.05) is 17.7 Å². The highest BCUT2D eigenvalue weighted by molar-refractivity contribution is 9.10. The molecule has 1 heterocycles. The van der Waals surface area contributed by atoms with E-state index in [9.17, 15) is 0 Å². The molecule has 4 heteroatoms. The quantitative estimate of drug-likeness (QED) is 0.782. The van der Waals surface area contributed by atoms with Crippen LogP contribution in [0, 0.1) is 6.92 Å². The Morgan fingerprint density at radius 1 is 1.43 bits per heavy atom. The normalized spacial score (nSPS) is 10.5. The van der Waals surface area contributed by atoms with E-state index in [1.54, 1.807) is 12.3 Å². The molecule has 2 nitrogen and oxygen atoms in total. The van der Waals surface area contributed by atoms with E-state index in [1.807, 2.05) is 19.1 Å². The van der Waals surface area contributed by atoms with E-state index in [0.717, 1.165) is 15.8 Å². The molecule has 0 unspecified atom stereocenters. The molecule has 0 spiro atoms. The number of aromatic nitrogens is 1. The summed E-state index contributed by atoms with van der Waals surface area (Å²) in [6.07, 6.45) is 1.67. The molecule has 14 heavy (non-hydrogen) atoms. The Hall–Kier alpha value is -0.800. The van der Waals surface area contributed by atoms with Gasteiger partial charge in [0, 0.05) is 4.47 Å². The summed E-state index contributed by atoms with van der Waals surface area (Å²) in [7, 11) is 0. The summed E-state index contributed by atoms with van der Waals surface area (Å²) in [4.78, 5) is 4.13. The molecule has 0 atom stereocenters. The van der Waals surface area contributed by atoms with Crippen LogP contribution in [0.1, 0.15) is 5.76 Å². The maximum Gasteiger partial charge on any atom is 0.228 e. The number of nitrogens with zero attached hydrogens (tertiary/aromatic N) is 1. The summed E-state index contributed by atoms with van der Waals surface area (Å²) in [5.74, 6) is 1.31. The van der Waals surface area contributed by atoms with Gasteiger partial charge < -0.3 is 4.42 Å². The summed E-state index contributed by atoms with van der Waals surface area (Å²) in [6, 6.07) is 5.58. The van der Waals surface area contributed by atoms with E-state index in [1.165, 1.54) is 0 Å². The first-order valence-electron chi connectivity index (χ1n) is 4.05. The predicted molar refractivity (Wildman–Crippen MR) is 59.4 cm³/mol. The Bertz CT molecular complexity index is 447. The molecule has 0 aliphatic rings. The van der Waals surface area contributed by atoms with Crippen molar-refractivity contribution in [3.63, 3.8) is 0 Å². The molecule has 0 fully saturated rings. The molecule has 1 aromatic carbocycles. The Morgan fingerprint density at radius 3 is 2.79 bits per heavy atom. The topological polar surface area (TPSA) is 26.0 Å². The lowest BCUT2D eigenvalue weighted by molar-refractivity contribution is 0.542. The maximum atomic E-state index is 6.04. The van der Waals surface area contributed by atoms with Gasteiger partial charge in [0.2, 0.25) is 5.89 Å². The van der Waals surface area contributed by atoms with Crippen molar-refractivity contribution < 1.29 is 4.42 Å². The van der Waals surface area contributed by atoms with Crippen molar-refractivity contribution >= 4 is 27.5 Å². The van der Waals surface area contributed by atoms with Crippen LogP contribution in [0.5, 0.6) is 0 Å². The van der Waals surface area contributed by atoms with Crippen LogP contribution in [0.15, 0.2) is 33.3 Å². The van der Waals surface area contributed by atoms with Gasteiger partial charge in [-0.05, 0) is 35.0 Å². The van der Waals surface area contributed by atoms with Crippen molar-refractivity contribution in [3.05, 3.63) is 39.7 Å². The zero-order valence-corrected chi connectivity index (χ0v) is 9.76. The van der Waals surface area contributed by atoms with Crippen LogP contribution in [0.25, 0.3) is 11.5 Å². The van der Waals surface area contributed by atoms with Crippen molar-refractivity contribution in [2.24, 2.45) is 0 Å². The first-order valence-corrected chi connectivity index (χ1v) is 5.22. The van der Waals surface area contributed by atoms with Crippen LogP contribution in [0.3, 0.4) is 0 Å². The van der Waals surface area contributed by atoms with E-state index in [2.05, 4.69) is 20.9 Å². The molecule has 72 valence electrons. The summed E-state index contributed by atoms with van der Waals surface area (Å²) >= 11 is 9.45. The molecular weight excluding hydrogens is 265 g/mol. The van der Waals surface area contributed by atoms with Gasteiger partial charge in [-0.3, -0.25) is 0 Å². The molecule has 0 aliphatic heterocycles. The second-order valence-corrected chi connectivity index (χ2v) is 4.13. The van der Waals surface area contributed by atoms with Crippen molar-refractivity contribution in [1.29, 1.82) is 0 Å². The third-order valence-electron chi connectivity index (χ3n) is 1.80. The van der Waals surface area contributed by atoms with Crippen molar-refractivity contribution in [3.8, 4) is 11.5 Å². The minimum absolute atomic E-state index is 0.542. The van der Waals surface area contributed by atoms with Crippen LogP contribution in [-0.4, -0.2) is 4.98 Å². The highest BCUT2D eigenvalue weighted by atomic mass is 79.9. The average molecular weight is 273 g/mol. The minimum Gasteiger partial charge on any atom is -0.441 e. The maximum absolute atomic E-state index is 6.04. The number of hydrogen-bond donors (Lipinski definition) is 0. The van der Waals surface area contributed by atoms with Crippen LogP contribution < -0.4 is 0 Å². The SMILES string of the molecule is Cc1cnc(-c2c(Cl)cccc2Br)o1. The molecule has 0 saturated carbocycles. The van der Waals surface area contributed by atoms with Gasteiger partial charge in [-0.15, -0.1) is 0 Å². The lowest BCUT2D eigenvalue weighted by Crippen LogP contribution is -1.80. The minimum atomic E-state index is 0.542. The molecule has 0 N–H and O–H groups in total. The summed E-state index contributed by atoms with van der Waals surface area (Å²) in [5.41, 5.74) is 0.794. The van der Waals surface area contributed by atoms with Crippen LogP contribution >= 0.6 is 27.5 Å². The smallest absolute Gasteiger partial charge is 0.228 e. The second-order valence-electron chi connectivity index (χ2n) is 2.87. The zero-order chi connectivity index (χ0) is 10.1. The fourth-order valence-corrected chi connectivity index (χ4v) is 2.08. The summed E-state index contributed by atoms with van der Waals surface area (Å²) in [5, 5.41) is 0.626. The lowest BCUT2D eigenvalue weighted by Gasteiger charge is -2.01. The molecule has 0 aliphatic carbocycles. The highest BCUT2D eigenvalue weighted by Crippen LogP contribution is 2.33. The van der Waals surface area contributed by atoms with Gasteiger partial charge in [-0.25, -0.2) is 4.98 Å². The van der Waals surface area contributed by atoms with Gasteiger partial charge in [0.1, 0.15) is 5.76 Å². The van der Waals surface area contributed by atoms with Crippen LogP contribution in [0.4, 0.5) is 0 Å². The number of halogens is 2. The second kappa shape index (κ2) is 3.75. The van der Waals surface area contributed by atoms with E-state index < -0.39 is 0 Å². The van der Waals surface area contributed by atoms with Crippen LogP contribution in [0.2, 0.25) is 5.02 Å². The molecule has 0 radical (unpaired) electrons. The third kappa shape index (κ3) is 1.70. The van der Waals surface area contributed by atoms with Gasteiger partial charge in [-0.2, -0.15) is 0 Å². The van der Waals surface area contributed by atoms with Gasteiger partial charge >= 0.3 is 0 Å². The summed E-state index contributed by atoms with van der Waals surface area (Å²) in [6.45, 7) is 1.85. The van der Waals surface area contributed by atoms with E-state index >= 15 is 0 Å². The van der Waals surface area contributed by atoms with Gasteiger partial charge in [0.15, 0.2) is 0 Å². The fourth-order valence-electron chi connectivity index (χ4n) is 1.17. The number of oxazole rings is 1. The first kappa shape index (κ1) is 9.74. The molecule has 2 rings (SSSR count). The Kier molecular flexibility index (Phi) is 2.61. The number of rotatable bonds is 1. The largest absolute Gasteiger partial charge is 0.441 e.